The highest BCUT2D eigenvalue weighted by molar-refractivity contribution is 8.00. The Balaban J connectivity index is 0.000000236. The highest BCUT2D eigenvalue weighted by atomic mass is 32.2. The number of aryl methyl sites for hydroxylation is 1. The van der Waals surface area contributed by atoms with Crippen molar-refractivity contribution in [2.24, 2.45) is 7.05 Å². The van der Waals surface area contributed by atoms with Gasteiger partial charge in [0.05, 0.1) is 5.56 Å². The number of carboxylic acid groups (broad SMARTS) is 1. The molecule has 0 spiro atoms. The summed E-state index contributed by atoms with van der Waals surface area (Å²) in [5.41, 5.74) is 1.03. The largest absolute Gasteiger partial charge is 0.465 e. The second-order valence-electron chi connectivity index (χ2n) is 11.5. The van der Waals surface area contributed by atoms with Crippen LogP contribution in [-0.4, -0.2) is 83.3 Å². The first-order valence-corrected chi connectivity index (χ1v) is 17.3. The quantitative estimate of drug-likeness (QED) is 0.204. The predicted octanol–water partition coefficient (Wildman–Crippen LogP) is 7.43. The highest BCUT2D eigenvalue weighted by Gasteiger charge is 2.30. The SMILES string of the molecule is Cn1ccnc1SC1CCN(C(=O)O)CC1.O=C(Oc1ccc(Cc2ccc(C(F)(F)F)cc2)cc1)N1CCC(Sc2ncc[nH]2)CC1. The van der Waals surface area contributed by atoms with E-state index in [1.54, 1.807) is 59.1 Å². The van der Waals surface area contributed by atoms with Crippen molar-refractivity contribution in [3.05, 3.63) is 90.0 Å². The summed E-state index contributed by atoms with van der Waals surface area (Å²) >= 11 is 3.44. The van der Waals surface area contributed by atoms with Crippen molar-refractivity contribution in [1.82, 2.24) is 29.3 Å². The lowest BCUT2D eigenvalue weighted by atomic mass is 10.0. The standard InChI is InChI=1S/C23H22F3N3O2S.C10H15N3O2S/c24-23(25,26)18-5-1-16(2-6-18)15-17-3-7-19(8-4-17)31-22(30)29-13-9-20(10-14-29)32-21-27-11-12-28-21;1-12-7-4-11-9(12)16-8-2-5-13(6-3-8)10(14)15/h1-8,11-12,20H,9-10,13-15H2,(H,27,28);4,7-8H,2-3,5-6H2,1H3,(H,14,15). The number of alkyl halides is 3. The van der Waals surface area contributed by atoms with E-state index in [4.69, 9.17) is 9.84 Å². The van der Waals surface area contributed by atoms with E-state index in [-0.39, 0.29) is 6.09 Å². The number of nitrogens with zero attached hydrogens (tertiary/aromatic N) is 5. The third-order valence-corrected chi connectivity index (χ3v) is 10.7. The van der Waals surface area contributed by atoms with Crippen LogP contribution >= 0.6 is 23.5 Å². The number of hydrogen-bond donors (Lipinski definition) is 2. The minimum Gasteiger partial charge on any atom is -0.465 e. The van der Waals surface area contributed by atoms with Crippen molar-refractivity contribution in [2.45, 2.75) is 59.1 Å². The van der Waals surface area contributed by atoms with E-state index in [0.717, 1.165) is 59.3 Å². The molecular formula is C33H37F3N6O4S2. The number of halogens is 3. The Morgan fingerprint density at radius 2 is 1.46 bits per heavy atom. The zero-order valence-electron chi connectivity index (χ0n) is 26.3. The van der Waals surface area contributed by atoms with E-state index in [0.29, 0.717) is 48.8 Å². The van der Waals surface area contributed by atoms with Crippen LogP contribution in [0.15, 0.2) is 83.6 Å². The summed E-state index contributed by atoms with van der Waals surface area (Å²) in [6.07, 6.45) is 5.76. The van der Waals surface area contributed by atoms with E-state index in [9.17, 15) is 22.8 Å². The topological polar surface area (TPSA) is 117 Å². The van der Waals surface area contributed by atoms with E-state index in [1.807, 2.05) is 29.9 Å². The van der Waals surface area contributed by atoms with Gasteiger partial charge in [0.2, 0.25) is 0 Å². The van der Waals surface area contributed by atoms with Gasteiger partial charge in [0.1, 0.15) is 5.75 Å². The molecule has 2 fully saturated rings. The number of H-pyrrole nitrogens is 1. The zero-order valence-corrected chi connectivity index (χ0v) is 27.9. The van der Waals surface area contributed by atoms with E-state index >= 15 is 0 Å². The molecule has 48 heavy (non-hydrogen) atoms. The fourth-order valence-electron chi connectivity index (χ4n) is 5.30. The molecule has 2 aliphatic heterocycles. The minimum absolute atomic E-state index is 0.373. The maximum absolute atomic E-state index is 12.7. The van der Waals surface area contributed by atoms with Crippen molar-refractivity contribution in [1.29, 1.82) is 0 Å². The number of carbonyl (C=O) groups excluding carboxylic acids is 1. The monoisotopic (exact) mass is 702 g/mol. The molecule has 4 heterocycles. The molecule has 256 valence electrons. The highest BCUT2D eigenvalue weighted by Crippen LogP contribution is 2.31. The molecule has 4 aromatic rings. The number of aromatic amines is 1. The summed E-state index contributed by atoms with van der Waals surface area (Å²) in [5, 5.41) is 11.6. The van der Waals surface area contributed by atoms with Gasteiger partial charge < -0.3 is 29.2 Å². The van der Waals surface area contributed by atoms with Crippen LogP contribution < -0.4 is 4.74 Å². The molecule has 0 bridgehead atoms. The number of ether oxygens (including phenoxy) is 1. The van der Waals surface area contributed by atoms with Crippen LogP contribution in [-0.2, 0) is 19.6 Å². The molecule has 0 atom stereocenters. The number of thioether (sulfide) groups is 2. The second kappa shape index (κ2) is 16.3. The van der Waals surface area contributed by atoms with Crippen LogP contribution in [0.3, 0.4) is 0 Å². The zero-order chi connectivity index (χ0) is 34.1. The molecule has 0 saturated carbocycles. The molecule has 0 aliphatic carbocycles. The lowest BCUT2D eigenvalue weighted by molar-refractivity contribution is -0.137. The lowest BCUT2D eigenvalue weighted by Gasteiger charge is -2.30. The molecular weight excluding hydrogens is 666 g/mol. The third kappa shape index (κ3) is 10.2. The van der Waals surface area contributed by atoms with Gasteiger partial charge in [-0.25, -0.2) is 19.6 Å². The second-order valence-corrected chi connectivity index (χ2v) is 14.0. The van der Waals surface area contributed by atoms with Crippen LogP contribution in [0.2, 0.25) is 0 Å². The van der Waals surface area contributed by atoms with E-state index in [1.165, 1.54) is 17.0 Å². The Hall–Kier alpha value is -4.11. The summed E-state index contributed by atoms with van der Waals surface area (Å²) in [7, 11) is 1.97. The predicted molar refractivity (Wildman–Crippen MR) is 177 cm³/mol. The number of nitrogens with one attached hydrogen (secondary N) is 1. The first-order chi connectivity index (χ1) is 23.0. The minimum atomic E-state index is -4.34. The first-order valence-electron chi connectivity index (χ1n) is 15.5. The number of hydrogen-bond acceptors (Lipinski definition) is 7. The summed E-state index contributed by atoms with van der Waals surface area (Å²) in [6.45, 7) is 2.53. The molecule has 10 nitrogen and oxygen atoms in total. The average molecular weight is 703 g/mol. The fraction of sp³-hybridized carbons (Fsp3) is 0.394. The summed E-state index contributed by atoms with van der Waals surface area (Å²) in [5.74, 6) is 0.443. The number of amides is 2. The smallest absolute Gasteiger partial charge is 0.416 e. The molecule has 6 rings (SSSR count). The van der Waals surface area contributed by atoms with Crippen molar-refractivity contribution in [2.75, 3.05) is 26.2 Å². The molecule has 2 amide bonds. The van der Waals surface area contributed by atoms with Crippen LogP contribution in [0.4, 0.5) is 22.8 Å². The van der Waals surface area contributed by atoms with Crippen molar-refractivity contribution in [3.8, 4) is 5.75 Å². The molecule has 0 radical (unpaired) electrons. The van der Waals surface area contributed by atoms with Crippen LogP contribution in [0.25, 0.3) is 0 Å². The molecule has 0 unspecified atom stereocenters. The van der Waals surface area contributed by atoms with Gasteiger partial charge in [-0.2, -0.15) is 13.2 Å². The molecule has 2 N–H and O–H groups in total. The Bertz CT molecular complexity index is 1600. The van der Waals surface area contributed by atoms with Gasteiger partial charge in [-0.3, -0.25) is 0 Å². The number of aromatic nitrogens is 4. The number of rotatable bonds is 7. The summed E-state index contributed by atoms with van der Waals surface area (Å²) < 4.78 is 45.5. The Labute approximate surface area is 285 Å². The number of carbonyl (C=O) groups is 2. The summed E-state index contributed by atoms with van der Waals surface area (Å²) in [6, 6.07) is 12.2. The first kappa shape index (κ1) is 35.2. The third-order valence-electron chi connectivity index (χ3n) is 8.03. The lowest BCUT2D eigenvalue weighted by Crippen LogP contribution is -2.40. The maximum Gasteiger partial charge on any atom is 0.416 e. The molecule has 15 heteroatoms. The molecule has 2 aromatic heterocycles. The number of likely N-dealkylation sites (tertiary alicyclic amines) is 2. The van der Waals surface area contributed by atoms with Gasteiger partial charge in [-0.05, 0) is 67.5 Å². The van der Waals surface area contributed by atoms with Crippen molar-refractivity contribution in [3.63, 3.8) is 0 Å². The normalized spacial score (nSPS) is 15.9. The van der Waals surface area contributed by atoms with E-state index in [2.05, 4.69) is 15.0 Å². The van der Waals surface area contributed by atoms with E-state index < -0.39 is 17.8 Å². The Morgan fingerprint density at radius 1 is 0.875 bits per heavy atom. The van der Waals surface area contributed by atoms with Gasteiger partial charge in [0.15, 0.2) is 10.3 Å². The number of benzene rings is 2. The van der Waals surface area contributed by atoms with Gasteiger partial charge >= 0.3 is 18.4 Å². The molecule has 2 aromatic carbocycles. The molecule has 2 saturated heterocycles. The fourth-order valence-corrected chi connectivity index (χ4v) is 7.41. The van der Waals surface area contributed by atoms with Crippen molar-refractivity contribution < 1.29 is 32.6 Å². The van der Waals surface area contributed by atoms with Gasteiger partial charge in [-0.1, -0.05) is 47.8 Å². The Morgan fingerprint density at radius 3 is 1.98 bits per heavy atom. The van der Waals surface area contributed by atoms with Crippen LogP contribution in [0.5, 0.6) is 5.75 Å². The van der Waals surface area contributed by atoms with Crippen molar-refractivity contribution >= 4 is 35.7 Å². The number of piperidine rings is 2. The maximum atomic E-state index is 12.7. The molecule has 2 aliphatic rings. The van der Waals surface area contributed by atoms with Crippen LogP contribution in [0.1, 0.15) is 42.4 Å². The van der Waals surface area contributed by atoms with Gasteiger partial charge in [0.25, 0.3) is 0 Å². The van der Waals surface area contributed by atoms with Crippen LogP contribution in [0, 0.1) is 0 Å². The van der Waals surface area contributed by atoms with Gasteiger partial charge in [0, 0.05) is 68.5 Å². The summed E-state index contributed by atoms with van der Waals surface area (Å²) in [4.78, 5) is 38.0. The number of imidazole rings is 2. The van der Waals surface area contributed by atoms with Gasteiger partial charge in [-0.15, -0.1) is 0 Å². The average Bonchev–Trinajstić information content (AvgIpc) is 3.74. The Kier molecular flexibility index (Phi) is 12.0.